The molecule has 1 aliphatic heterocycles. The minimum atomic E-state index is -0.730. The average Bonchev–Trinajstić information content (AvgIpc) is 2.81. The van der Waals surface area contributed by atoms with E-state index in [1.54, 1.807) is 25.1 Å². The van der Waals surface area contributed by atoms with Crippen LogP contribution in [0.2, 0.25) is 0 Å². The highest BCUT2D eigenvalue weighted by Gasteiger charge is 2.17. The fraction of sp³-hybridized carbons (Fsp3) is 0.278. The summed E-state index contributed by atoms with van der Waals surface area (Å²) >= 11 is 0. The highest BCUT2D eigenvalue weighted by Crippen LogP contribution is 2.32. The van der Waals surface area contributed by atoms with E-state index in [-0.39, 0.29) is 11.7 Å². The predicted molar refractivity (Wildman–Crippen MR) is 87.2 cm³/mol. The lowest BCUT2D eigenvalue weighted by Crippen LogP contribution is -2.30. The Labute approximate surface area is 139 Å². The standard InChI is InChI=1S/C18H18FNO4/c1-12(24-15-6-3-13(19)4-7-15)18(21)20-14-5-8-16-17(11-14)23-10-2-9-22-16/h3-8,11-12H,2,9-10H2,1H3,(H,20,21). The topological polar surface area (TPSA) is 56.8 Å². The minimum Gasteiger partial charge on any atom is -0.490 e. The lowest BCUT2D eigenvalue weighted by atomic mass is 10.2. The number of ether oxygens (including phenoxy) is 3. The van der Waals surface area contributed by atoms with E-state index in [4.69, 9.17) is 14.2 Å². The van der Waals surface area contributed by atoms with Crippen molar-refractivity contribution in [1.29, 1.82) is 0 Å². The van der Waals surface area contributed by atoms with Crippen molar-refractivity contribution in [2.75, 3.05) is 18.5 Å². The van der Waals surface area contributed by atoms with Crippen LogP contribution in [0.3, 0.4) is 0 Å². The van der Waals surface area contributed by atoms with Gasteiger partial charge in [0.25, 0.3) is 5.91 Å². The number of benzene rings is 2. The predicted octanol–water partition coefficient (Wildman–Crippen LogP) is 3.39. The van der Waals surface area contributed by atoms with E-state index in [0.717, 1.165) is 6.42 Å². The number of halogens is 1. The first-order valence-corrected chi connectivity index (χ1v) is 7.74. The molecule has 3 rings (SSSR count). The molecule has 0 spiro atoms. The van der Waals surface area contributed by atoms with Gasteiger partial charge in [-0.1, -0.05) is 0 Å². The van der Waals surface area contributed by atoms with Gasteiger partial charge < -0.3 is 19.5 Å². The molecule has 0 bridgehead atoms. The number of carbonyl (C=O) groups excluding carboxylic acids is 1. The molecule has 6 heteroatoms. The third kappa shape index (κ3) is 3.95. The molecule has 0 saturated heterocycles. The van der Waals surface area contributed by atoms with Crippen molar-refractivity contribution < 1.29 is 23.4 Å². The first kappa shape index (κ1) is 16.1. The number of anilines is 1. The summed E-state index contributed by atoms with van der Waals surface area (Å²) < 4.78 is 29.5. The van der Waals surface area contributed by atoms with Crippen molar-refractivity contribution in [1.82, 2.24) is 0 Å². The second kappa shape index (κ2) is 7.21. The van der Waals surface area contributed by atoms with Gasteiger partial charge in [-0.15, -0.1) is 0 Å². The van der Waals surface area contributed by atoms with Crippen LogP contribution in [0, 0.1) is 5.82 Å². The lowest BCUT2D eigenvalue weighted by Gasteiger charge is -2.15. The van der Waals surface area contributed by atoms with Gasteiger partial charge >= 0.3 is 0 Å². The van der Waals surface area contributed by atoms with Crippen molar-refractivity contribution in [3.63, 3.8) is 0 Å². The van der Waals surface area contributed by atoms with E-state index in [0.29, 0.717) is 36.1 Å². The molecule has 0 aliphatic carbocycles. The molecule has 0 aromatic heterocycles. The summed E-state index contributed by atoms with van der Waals surface area (Å²) in [6, 6.07) is 10.8. The fourth-order valence-corrected chi connectivity index (χ4v) is 2.26. The monoisotopic (exact) mass is 331 g/mol. The number of amides is 1. The Balaban J connectivity index is 1.63. The van der Waals surface area contributed by atoms with Crippen molar-refractivity contribution in [2.45, 2.75) is 19.4 Å². The van der Waals surface area contributed by atoms with Gasteiger partial charge in [0.2, 0.25) is 0 Å². The van der Waals surface area contributed by atoms with Crippen molar-refractivity contribution in [3.05, 3.63) is 48.3 Å². The number of hydrogen-bond donors (Lipinski definition) is 1. The molecule has 0 radical (unpaired) electrons. The Kier molecular flexibility index (Phi) is 4.84. The van der Waals surface area contributed by atoms with Crippen LogP contribution in [0.25, 0.3) is 0 Å². The summed E-state index contributed by atoms with van der Waals surface area (Å²) in [6.45, 7) is 2.82. The summed E-state index contributed by atoms with van der Waals surface area (Å²) in [4.78, 5) is 12.2. The molecule has 0 saturated carbocycles. The van der Waals surface area contributed by atoms with E-state index < -0.39 is 6.10 Å². The van der Waals surface area contributed by atoms with Crippen LogP contribution in [0.5, 0.6) is 17.2 Å². The van der Waals surface area contributed by atoms with Crippen LogP contribution in [-0.4, -0.2) is 25.2 Å². The SMILES string of the molecule is CC(Oc1ccc(F)cc1)C(=O)Nc1ccc2c(c1)OCCCO2. The fourth-order valence-electron chi connectivity index (χ4n) is 2.26. The van der Waals surface area contributed by atoms with E-state index >= 15 is 0 Å². The molecule has 1 aliphatic rings. The third-order valence-corrected chi connectivity index (χ3v) is 3.51. The van der Waals surface area contributed by atoms with Gasteiger partial charge in [0.15, 0.2) is 17.6 Å². The number of carbonyl (C=O) groups is 1. The third-order valence-electron chi connectivity index (χ3n) is 3.51. The van der Waals surface area contributed by atoms with Gasteiger partial charge in [-0.2, -0.15) is 0 Å². The van der Waals surface area contributed by atoms with Crippen LogP contribution in [-0.2, 0) is 4.79 Å². The van der Waals surface area contributed by atoms with Gasteiger partial charge in [0, 0.05) is 18.2 Å². The zero-order valence-electron chi connectivity index (χ0n) is 13.3. The maximum atomic E-state index is 12.9. The molecule has 1 atom stereocenters. The molecule has 24 heavy (non-hydrogen) atoms. The molecule has 0 fully saturated rings. The Morgan fingerprint density at radius 3 is 2.58 bits per heavy atom. The zero-order valence-corrected chi connectivity index (χ0v) is 13.3. The van der Waals surface area contributed by atoms with Gasteiger partial charge in [-0.25, -0.2) is 4.39 Å². The molecular weight excluding hydrogens is 313 g/mol. The number of fused-ring (bicyclic) bond motifs is 1. The minimum absolute atomic E-state index is 0.311. The van der Waals surface area contributed by atoms with Gasteiger partial charge in [0.05, 0.1) is 13.2 Å². The maximum Gasteiger partial charge on any atom is 0.265 e. The average molecular weight is 331 g/mol. The number of nitrogens with one attached hydrogen (secondary N) is 1. The first-order valence-electron chi connectivity index (χ1n) is 7.74. The highest BCUT2D eigenvalue weighted by molar-refractivity contribution is 5.94. The molecule has 1 unspecified atom stereocenters. The Morgan fingerprint density at radius 1 is 1.12 bits per heavy atom. The normalized spacial score (nSPS) is 14.4. The van der Waals surface area contributed by atoms with E-state index in [1.807, 2.05) is 0 Å². The molecule has 1 amide bonds. The molecular formula is C18H18FNO4. The van der Waals surface area contributed by atoms with Gasteiger partial charge in [-0.05, 0) is 43.3 Å². The van der Waals surface area contributed by atoms with Crippen molar-refractivity contribution in [3.8, 4) is 17.2 Å². The summed E-state index contributed by atoms with van der Waals surface area (Å²) in [5.74, 6) is 1.04. The summed E-state index contributed by atoms with van der Waals surface area (Å²) in [6.07, 6.45) is 0.0882. The maximum absolute atomic E-state index is 12.9. The molecule has 1 N–H and O–H groups in total. The first-order chi connectivity index (χ1) is 11.6. The van der Waals surface area contributed by atoms with Crippen LogP contribution in [0.1, 0.15) is 13.3 Å². The zero-order chi connectivity index (χ0) is 16.9. The summed E-state index contributed by atoms with van der Waals surface area (Å²) in [5, 5.41) is 2.77. The molecule has 126 valence electrons. The Morgan fingerprint density at radius 2 is 1.83 bits per heavy atom. The van der Waals surface area contributed by atoms with Crippen LogP contribution in [0.15, 0.2) is 42.5 Å². The van der Waals surface area contributed by atoms with Crippen molar-refractivity contribution in [2.24, 2.45) is 0 Å². The molecule has 1 heterocycles. The molecule has 2 aromatic rings. The lowest BCUT2D eigenvalue weighted by molar-refractivity contribution is -0.122. The molecule has 2 aromatic carbocycles. The van der Waals surface area contributed by atoms with Crippen molar-refractivity contribution >= 4 is 11.6 Å². The van der Waals surface area contributed by atoms with E-state index in [1.165, 1.54) is 24.3 Å². The van der Waals surface area contributed by atoms with Gasteiger partial charge in [-0.3, -0.25) is 4.79 Å². The molecule has 5 nitrogen and oxygen atoms in total. The van der Waals surface area contributed by atoms with E-state index in [2.05, 4.69) is 5.32 Å². The Hall–Kier alpha value is -2.76. The summed E-state index contributed by atoms with van der Waals surface area (Å²) in [7, 11) is 0. The quantitative estimate of drug-likeness (QED) is 0.933. The van der Waals surface area contributed by atoms with Crippen LogP contribution in [0.4, 0.5) is 10.1 Å². The largest absolute Gasteiger partial charge is 0.490 e. The number of rotatable bonds is 4. The highest BCUT2D eigenvalue weighted by atomic mass is 19.1. The number of hydrogen-bond acceptors (Lipinski definition) is 4. The summed E-state index contributed by atoms with van der Waals surface area (Å²) in [5.41, 5.74) is 0.596. The van der Waals surface area contributed by atoms with Crippen LogP contribution >= 0.6 is 0 Å². The second-order valence-electron chi connectivity index (χ2n) is 5.42. The second-order valence-corrected chi connectivity index (χ2v) is 5.42. The van der Waals surface area contributed by atoms with Gasteiger partial charge in [0.1, 0.15) is 11.6 Å². The smallest absolute Gasteiger partial charge is 0.265 e. The Bertz CT molecular complexity index is 717. The van der Waals surface area contributed by atoms with Crippen LogP contribution < -0.4 is 19.5 Å². The van der Waals surface area contributed by atoms with E-state index in [9.17, 15) is 9.18 Å².